The van der Waals surface area contributed by atoms with Gasteiger partial charge in [-0.15, -0.1) is 0 Å². The minimum Gasteiger partial charge on any atom is -0.481 e. The van der Waals surface area contributed by atoms with Crippen LogP contribution in [-0.2, 0) is 9.53 Å². The average molecular weight is 370 g/mol. The van der Waals surface area contributed by atoms with E-state index < -0.39 is 28.5 Å². The van der Waals surface area contributed by atoms with Gasteiger partial charge in [-0.05, 0) is 43.9 Å². The SMILES string of the molecule is C[C@@H]1CC[C@H]2[C@](C)(CO)[C@@H](O)CC[C@]2(C)[C@@]12C[C@](CO)(CC(=O)O)CO2. The first-order chi connectivity index (χ1) is 12.1. The Balaban J connectivity index is 2.02. The van der Waals surface area contributed by atoms with Crippen LogP contribution in [0.3, 0.4) is 0 Å². The van der Waals surface area contributed by atoms with E-state index in [2.05, 4.69) is 13.8 Å². The maximum Gasteiger partial charge on any atom is 0.304 e. The highest BCUT2D eigenvalue weighted by atomic mass is 16.5. The van der Waals surface area contributed by atoms with Gasteiger partial charge in [-0.2, -0.15) is 0 Å². The fourth-order valence-electron chi connectivity index (χ4n) is 6.70. The van der Waals surface area contributed by atoms with Crippen LogP contribution in [0.2, 0.25) is 0 Å². The predicted molar refractivity (Wildman–Crippen MR) is 95.5 cm³/mol. The molecule has 1 spiro atoms. The zero-order valence-electron chi connectivity index (χ0n) is 16.2. The molecule has 1 aliphatic heterocycles. The Kier molecular flexibility index (Phi) is 4.96. The molecule has 2 saturated carbocycles. The Labute approximate surface area is 155 Å². The Morgan fingerprint density at radius 1 is 1.15 bits per heavy atom. The van der Waals surface area contributed by atoms with Gasteiger partial charge >= 0.3 is 5.97 Å². The molecular weight excluding hydrogens is 336 g/mol. The second kappa shape index (κ2) is 6.43. The molecule has 6 nitrogen and oxygen atoms in total. The number of aliphatic hydroxyl groups is 3. The normalized spacial score (nSPS) is 51.4. The van der Waals surface area contributed by atoms with E-state index in [4.69, 9.17) is 4.74 Å². The fraction of sp³-hybridized carbons (Fsp3) is 0.950. The molecule has 7 atom stereocenters. The van der Waals surface area contributed by atoms with Crippen LogP contribution in [0.15, 0.2) is 0 Å². The monoisotopic (exact) mass is 370 g/mol. The molecule has 0 unspecified atom stereocenters. The average Bonchev–Trinajstić information content (AvgIpc) is 2.98. The molecule has 1 saturated heterocycles. The van der Waals surface area contributed by atoms with Crippen LogP contribution in [0, 0.1) is 28.1 Å². The van der Waals surface area contributed by atoms with Crippen molar-refractivity contribution in [1.82, 2.24) is 0 Å². The number of carboxylic acid groups (broad SMARTS) is 1. The molecule has 4 N–H and O–H groups in total. The van der Waals surface area contributed by atoms with Crippen molar-refractivity contribution in [2.45, 2.75) is 71.0 Å². The van der Waals surface area contributed by atoms with Gasteiger partial charge in [0.15, 0.2) is 0 Å². The van der Waals surface area contributed by atoms with E-state index in [0.717, 1.165) is 19.3 Å². The quantitative estimate of drug-likeness (QED) is 0.601. The summed E-state index contributed by atoms with van der Waals surface area (Å²) in [5.74, 6) is -0.576. The molecule has 3 fully saturated rings. The van der Waals surface area contributed by atoms with Crippen LogP contribution in [0.4, 0.5) is 0 Å². The molecule has 26 heavy (non-hydrogen) atoms. The summed E-state index contributed by atoms with van der Waals surface area (Å²) in [6.07, 6.45) is 3.10. The van der Waals surface area contributed by atoms with Crippen molar-refractivity contribution in [1.29, 1.82) is 0 Å². The van der Waals surface area contributed by atoms with E-state index in [-0.39, 0.29) is 43.5 Å². The molecule has 3 aliphatic rings. The highest BCUT2D eigenvalue weighted by Crippen LogP contribution is 2.67. The number of hydrogen-bond acceptors (Lipinski definition) is 5. The summed E-state index contributed by atoms with van der Waals surface area (Å²) in [4.78, 5) is 11.4. The summed E-state index contributed by atoms with van der Waals surface area (Å²) in [5, 5.41) is 40.1. The van der Waals surface area contributed by atoms with Crippen molar-refractivity contribution in [3.8, 4) is 0 Å². The molecule has 0 radical (unpaired) electrons. The first kappa shape index (κ1) is 20.1. The van der Waals surface area contributed by atoms with E-state index in [9.17, 15) is 25.2 Å². The van der Waals surface area contributed by atoms with Gasteiger partial charge in [0.1, 0.15) is 0 Å². The van der Waals surface area contributed by atoms with Gasteiger partial charge in [-0.1, -0.05) is 20.8 Å². The molecule has 6 heteroatoms. The van der Waals surface area contributed by atoms with Crippen LogP contribution in [0.25, 0.3) is 0 Å². The van der Waals surface area contributed by atoms with E-state index >= 15 is 0 Å². The second-order valence-corrected chi connectivity index (χ2v) is 9.75. The summed E-state index contributed by atoms with van der Waals surface area (Å²) >= 11 is 0. The molecule has 1 heterocycles. The van der Waals surface area contributed by atoms with Crippen molar-refractivity contribution < 1.29 is 30.0 Å². The number of carbonyl (C=O) groups is 1. The second-order valence-electron chi connectivity index (χ2n) is 9.75. The Morgan fingerprint density at radius 2 is 1.85 bits per heavy atom. The lowest BCUT2D eigenvalue weighted by Crippen LogP contribution is -2.66. The highest BCUT2D eigenvalue weighted by molar-refractivity contribution is 5.68. The smallest absolute Gasteiger partial charge is 0.304 e. The van der Waals surface area contributed by atoms with Gasteiger partial charge in [0.05, 0.1) is 37.9 Å². The fourth-order valence-corrected chi connectivity index (χ4v) is 6.70. The van der Waals surface area contributed by atoms with E-state index in [1.54, 1.807) is 0 Å². The molecule has 150 valence electrons. The molecule has 3 rings (SSSR count). The number of aliphatic carboxylic acids is 1. The van der Waals surface area contributed by atoms with E-state index in [1.165, 1.54) is 0 Å². The number of fused-ring (bicyclic) bond motifs is 2. The summed E-state index contributed by atoms with van der Waals surface area (Å²) in [6.45, 7) is 6.31. The topological polar surface area (TPSA) is 107 Å². The molecule has 0 aromatic carbocycles. The Morgan fingerprint density at radius 3 is 2.42 bits per heavy atom. The number of hydrogen-bond donors (Lipinski definition) is 4. The summed E-state index contributed by atoms with van der Waals surface area (Å²) < 4.78 is 6.46. The first-order valence-corrected chi connectivity index (χ1v) is 9.85. The van der Waals surface area contributed by atoms with Crippen LogP contribution in [0.5, 0.6) is 0 Å². The van der Waals surface area contributed by atoms with Crippen molar-refractivity contribution in [3.05, 3.63) is 0 Å². The molecule has 0 aromatic rings. The molecule has 2 aliphatic carbocycles. The van der Waals surface area contributed by atoms with Gasteiger partial charge < -0.3 is 25.2 Å². The van der Waals surface area contributed by atoms with Gasteiger partial charge in [0, 0.05) is 16.2 Å². The zero-order chi connectivity index (χ0) is 19.4. The molecule has 0 amide bonds. The van der Waals surface area contributed by atoms with Crippen molar-refractivity contribution in [2.24, 2.45) is 28.1 Å². The van der Waals surface area contributed by atoms with Gasteiger partial charge in [-0.25, -0.2) is 0 Å². The van der Waals surface area contributed by atoms with Crippen molar-refractivity contribution in [2.75, 3.05) is 19.8 Å². The molecular formula is C20H34O6. The van der Waals surface area contributed by atoms with Gasteiger partial charge in [-0.3, -0.25) is 4.79 Å². The molecule has 0 aromatic heterocycles. The van der Waals surface area contributed by atoms with E-state index in [0.29, 0.717) is 12.8 Å². The number of aliphatic hydroxyl groups excluding tert-OH is 3. The van der Waals surface area contributed by atoms with Gasteiger partial charge in [0.25, 0.3) is 0 Å². The largest absolute Gasteiger partial charge is 0.481 e. The Hall–Kier alpha value is -0.690. The number of ether oxygens (including phenoxy) is 1. The van der Waals surface area contributed by atoms with Crippen LogP contribution < -0.4 is 0 Å². The third-order valence-corrected chi connectivity index (χ3v) is 8.39. The molecule has 0 bridgehead atoms. The van der Waals surface area contributed by atoms with Crippen LogP contribution in [-0.4, -0.2) is 57.9 Å². The first-order valence-electron chi connectivity index (χ1n) is 9.85. The third-order valence-electron chi connectivity index (χ3n) is 8.39. The summed E-state index contributed by atoms with van der Waals surface area (Å²) in [6, 6.07) is 0. The standard InChI is InChI=1S/C20H34O6/c1-13-4-5-14-17(2,10-21)15(23)6-7-18(14,3)20(13)9-19(11-22,12-26-20)8-16(24)25/h13-15,21-23H,4-12H2,1-3H3,(H,24,25)/t13-,14+,15+,17+,18+,19+,20-/m1/s1. The summed E-state index contributed by atoms with van der Waals surface area (Å²) in [7, 11) is 0. The van der Waals surface area contributed by atoms with Gasteiger partial charge in [0.2, 0.25) is 0 Å². The number of rotatable bonds is 4. The number of carboxylic acids is 1. The maximum absolute atomic E-state index is 11.4. The minimum absolute atomic E-state index is 0.0703. The predicted octanol–water partition coefficient (Wildman–Crippen LogP) is 1.80. The Bertz CT molecular complexity index is 567. The highest BCUT2D eigenvalue weighted by Gasteiger charge is 2.69. The lowest BCUT2D eigenvalue weighted by molar-refractivity contribution is -0.242. The lowest BCUT2D eigenvalue weighted by Gasteiger charge is -2.64. The van der Waals surface area contributed by atoms with Crippen molar-refractivity contribution >= 4 is 5.97 Å². The lowest BCUT2D eigenvalue weighted by atomic mass is 9.43. The minimum atomic E-state index is -0.913. The maximum atomic E-state index is 11.4. The summed E-state index contributed by atoms with van der Waals surface area (Å²) in [5.41, 5.74) is -2.13. The zero-order valence-corrected chi connectivity index (χ0v) is 16.2. The van der Waals surface area contributed by atoms with Crippen LogP contribution in [0.1, 0.15) is 59.3 Å². The van der Waals surface area contributed by atoms with E-state index in [1.807, 2.05) is 6.92 Å². The third kappa shape index (κ3) is 2.56. The van der Waals surface area contributed by atoms with Crippen LogP contribution >= 0.6 is 0 Å². The van der Waals surface area contributed by atoms with Crippen molar-refractivity contribution in [3.63, 3.8) is 0 Å².